The molecule has 2 fully saturated rings. The molecule has 0 amide bonds. The molecule has 2 saturated carbocycles. The highest BCUT2D eigenvalue weighted by Gasteiger charge is 2.44. The Labute approximate surface area is 199 Å². The van der Waals surface area contributed by atoms with Gasteiger partial charge in [0.15, 0.2) is 11.6 Å². The van der Waals surface area contributed by atoms with Gasteiger partial charge in [-0.25, -0.2) is 8.78 Å². The Morgan fingerprint density at radius 3 is 1.77 bits per heavy atom. The van der Waals surface area contributed by atoms with Gasteiger partial charge in [0.25, 0.3) is 0 Å². The molecular weight excluding hydrogens is 484 g/mol. The number of allylic oxidation sites excluding steroid dienone is 2. The summed E-state index contributed by atoms with van der Waals surface area (Å²) in [5.74, 6) is -6.22. The molecule has 0 aromatic heterocycles. The van der Waals surface area contributed by atoms with E-state index in [0.717, 1.165) is 32.1 Å². The first-order valence-electron chi connectivity index (χ1n) is 12.0. The van der Waals surface area contributed by atoms with Crippen molar-refractivity contribution < 1.29 is 44.6 Å². The molecule has 198 valence electrons. The normalized spacial score (nSPS) is 26.2. The van der Waals surface area contributed by atoms with Gasteiger partial charge in [-0.15, -0.1) is 13.2 Å². The van der Waals surface area contributed by atoms with Crippen LogP contribution in [0.5, 0.6) is 11.5 Å². The van der Waals surface area contributed by atoms with E-state index in [4.69, 9.17) is 0 Å². The molecule has 0 aliphatic heterocycles. The molecule has 2 aliphatic carbocycles. The Bertz CT molecular complexity index is 815. The summed E-state index contributed by atoms with van der Waals surface area (Å²) in [7, 11) is 0. The van der Waals surface area contributed by atoms with Crippen LogP contribution >= 0.6 is 0 Å². The van der Waals surface area contributed by atoms with E-state index in [9.17, 15) is 35.1 Å². The third-order valence-corrected chi connectivity index (χ3v) is 6.98. The molecule has 0 radical (unpaired) electrons. The quantitative estimate of drug-likeness (QED) is 0.242. The van der Waals surface area contributed by atoms with Crippen LogP contribution < -0.4 is 9.47 Å². The van der Waals surface area contributed by atoms with Gasteiger partial charge in [-0.2, -0.15) is 8.78 Å². The lowest BCUT2D eigenvalue weighted by Gasteiger charge is -2.32. The SMILES string of the molecule is FCCCC1CCC(/C=C/C2CCC(C(F)(F)Oc3cc(F)c(OC(F)(F)F)c(F)c3)CC2)CC1. The highest BCUT2D eigenvalue weighted by Crippen LogP contribution is 2.42. The van der Waals surface area contributed by atoms with Gasteiger partial charge in [0.05, 0.1) is 12.6 Å². The van der Waals surface area contributed by atoms with E-state index in [1.54, 1.807) is 0 Å². The Morgan fingerprint density at radius 2 is 1.29 bits per heavy atom. The Balaban J connectivity index is 1.49. The van der Waals surface area contributed by atoms with E-state index in [2.05, 4.69) is 21.6 Å². The minimum atomic E-state index is -5.34. The van der Waals surface area contributed by atoms with E-state index in [-0.39, 0.29) is 37.6 Å². The van der Waals surface area contributed by atoms with Crippen LogP contribution in [0, 0.1) is 35.3 Å². The predicted octanol–water partition coefficient (Wildman–Crippen LogP) is 8.75. The van der Waals surface area contributed by atoms with E-state index >= 15 is 0 Å². The third kappa shape index (κ3) is 8.27. The van der Waals surface area contributed by atoms with Crippen LogP contribution in [-0.2, 0) is 0 Å². The number of hydrogen-bond acceptors (Lipinski definition) is 2. The van der Waals surface area contributed by atoms with Gasteiger partial charge >= 0.3 is 12.5 Å². The maximum atomic E-state index is 14.6. The van der Waals surface area contributed by atoms with Crippen LogP contribution in [0.4, 0.5) is 35.1 Å². The van der Waals surface area contributed by atoms with Crippen molar-refractivity contribution in [3.8, 4) is 11.5 Å². The van der Waals surface area contributed by atoms with Crippen LogP contribution in [0.1, 0.15) is 64.2 Å². The van der Waals surface area contributed by atoms with Crippen molar-refractivity contribution in [1.82, 2.24) is 0 Å². The van der Waals surface area contributed by atoms with Crippen molar-refractivity contribution in [3.05, 3.63) is 35.9 Å². The maximum Gasteiger partial charge on any atom is 0.573 e. The zero-order chi connectivity index (χ0) is 25.6. The average molecular weight is 514 g/mol. The largest absolute Gasteiger partial charge is 0.573 e. The molecule has 1 aromatic rings. The summed E-state index contributed by atoms with van der Waals surface area (Å²) in [6.07, 6.45) is 2.27. The van der Waals surface area contributed by atoms with Crippen molar-refractivity contribution in [3.63, 3.8) is 0 Å². The number of hydrogen-bond donors (Lipinski definition) is 0. The summed E-state index contributed by atoms with van der Waals surface area (Å²) in [5, 5.41) is 0. The summed E-state index contributed by atoms with van der Waals surface area (Å²) in [6, 6.07) is 0.498. The average Bonchev–Trinajstić information content (AvgIpc) is 2.79. The van der Waals surface area contributed by atoms with Crippen LogP contribution in [-0.4, -0.2) is 19.1 Å². The number of rotatable bonds is 9. The summed E-state index contributed by atoms with van der Waals surface area (Å²) < 4.78 is 114. The fraction of sp³-hybridized carbons (Fsp3) is 0.680. The summed E-state index contributed by atoms with van der Waals surface area (Å²) in [6.45, 7) is -0.274. The van der Waals surface area contributed by atoms with E-state index in [1.807, 2.05) is 0 Å². The molecule has 0 unspecified atom stereocenters. The molecule has 0 spiro atoms. The first kappa shape index (κ1) is 27.6. The lowest BCUT2D eigenvalue weighted by atomic mass is 9.78. The van der Waals surface area contributed by atoms with Crippen LogP contribution in [0.2, 0.25) is 0 Å². The molecule has 0 N–H and O–H groups in total. The molecule has 10 heteroatoms. The van der Waals surface area contributed by atoms with Gasteiger partial charge in [0, 0.05) is 12.1 Å². The van der Waals surface area contributed by atoms with E-state index in [0.29, 0.717) is 31.1 Å². The van der Waals surface area contributed by atoms with Gasteiger partial charge in [-0.1, -0.05) is 12.2 Å². The zero-order valence-corrected chi connectivity index (χ0v) is 19.2. The lowest BCUT2D eigenvalue weighted by Crippen LogP contribution is -2.37. The maximum absolute atomic E-state index is 14.6. The van der Waals surface area contributed by atoms with Gasteiger partial charge in [0.2, 0.25) is 5.75 Å². The van der Waals surface area contributed by atoms with E-state index in [1.165, 1.54) is 0 Å². The fourth-order valence-electron chi connectivity index (χ4n) is 5.05. The molecule has 0 atom stereocenters. The summed E-state index contributed by atoms with van der Waals surface area (Å²) in [4.78, 5) is 0. The van der Waals surface area contributed by atoms with E-state index < -0.39 is 41.5 Å². The molecule has 1 aromatic carbocycles. The topological polar surface area (TPSA) is 18.5 Å². The second-order valence-corrected chi connectivity index (χ2v) is 9.54. The van der Waals surface area contributed by atoms with Crippen molar-refractivity contribution in [1.29, 1.82) is 0 Å². The molecule has 2 nitrogen and oxygen atoms in total. The Kier molecular flexibility index (Phi) is 9.32. The van der Waals surface area contributed by atoms with Gasteiger partial charge in [-0.05, 0) is 82.0 Å². The smallest absolute Gasteiger partial charge is 0.432 e. The number of benzene rings is 1. The number of ether oxygens (including phenoxy) is 2. The van der Waals surface area contributed by atoms with Crippen LogP contribution in [0.15, 0.2) is 24.3 Å². The second kappa shape index (κ2) is 11.8. The first-order valence-corrected chi connectivity index (χ1v) is 12.0. The standard InChI is InChI=1S/C25H30F8O2/c26-13-1-2-16-3-5-17(6-4-16)7-8-18-9-11-19(12-10-18)24(29,30)34-20-14-21(27)23(22(28)15-20)35-25(31,32)33/h7-8,14-19H,1-6,9-13H2/b8-7+. The molecule has 0 bridgehead atoms. The highest BCUT2D eigenvalue weighted by atomic mass is 19.4. The Hall–Kier alpha value is -2.00. The highest BCUT2D eigenvalue weighted by molar-refractivity contribution is 5.35. The van der Waals surface area contributed by atoms with Crippen LogP contribution in [0.3, 0.4) is 0 Å². The third-order valence-electron chi connectivity index (χ3n) is 6.98. The fourth-order valence-corrected chi connectivity index (χ4v) is 5.05. The molecule has 0 saturated heterocycles. The molecule has 2 aliphatic rings. The second-order valence-electron chi connectivity index (χ2n) is 9.54. The lowest BCUT2D eigenvalue weighted by molar-refractivity contribution is -0.276. The van der Waals surface area contributed by atoms with Crippen molar-refractivity contribution in [2.24, 2.45) is 23.7 Å². The summed E-state index contributed by atoms with van der Waals surface area (Å²) in [5.41, 5.74) is 0. The van der Waals surface area contributed by atoms with Crippen LogP contribution in [0.25, 0.3) is 0 Å². The van der Waals surface area contributed by atoms with Crippen molar-refractivity contribution in [2.75, 3.05) is 6.67 Å². The minimum absolute atomic E-state index is 0.137. The number of alkyl halides is 6. The predicted molar refractivity (Wildman–Crippen MR) is 114 cm³/mol. The molecule has 35 heavy (non-hydrogen) atoms. The minimum Gasteiger partial charge on any atom is -0.432 e. The Morgan fingerprint density at radius 1 is 0.771 bits per heavy atom. The van der Waals surface area contributed by atoms with Gasteiger partial charge in [-0.3, -0.25) is 4.39 Å². The number of halogens is 8. The molecular formula is C25H30F8O2. The van der Waals surface area contributed by atoms with Gasteiger partial charge < -0.3 is 9.47 Å². The molecule has 0 heterocycles. The van der Waals surface area contributed by atoms with Gasteiger partial charge in [0.1, 0.15) is 5.75 Å². The van der Waals surface area contributed by atoms with Crippen molar-refractivity contribution >= 4 is 0 Å². The van der Waals surface area contributed by atoms with Crippen molar-refractivity contribution in [2.45, 2.75) is 76.7 Å². The zero-order valence-electron chi connectivity index (χ0n) is 19.2. The summed E-state index contributed by atoms with van der Waals surface area (Å²) >= 11 is 0. The first-order chi connectivity index (χ1) is 16.5. The molecule has 3 rings (SSSR count). The monoisotopic (exact) mass is 514 g/mol.